The number of piperidine rings is 1. The molecule has 1 amide bonds. The zero-order chi connectivity index (χ0) is 23.6. The number of anilines is 1. The Bertz CT molecular complexity index is 1130. The van der Waals surface area contributed by atoms with Gasteiger partial charge in [0.2, 0.25) is 5.95 Å². The van der Waals surface area contributed by atoms with E-state index in [1.165, 1.54) is 17.3 Å². The van der Waals surface area contributed by atoms with Crippen LogP contribution in [-0.4, -0.2) is 60.8 Å². The molecular formula is C22H22ClF2N7O. The molecule has 0 aliphatic carbocycles. The highest BCUT2D eigenvalue weighted by atomic mass is 35.5. The Morgan fingerprint density at radius 1 is 1.21 bits per heavy atom. The number of aryl methyl sites for hydroxylation is 1. The normalized spacial score (nSPS) is 19.8. The van der Waals surface area contributed by atoms with Crippen molar-refractivity contribution in [2.24, 2.45) is 5.92 Å². The fourth-order valence-electron chi connectivity index (χ4n) is 3.95. The summed E-state index contributed by atoms with van der Waals surface area (Å²) in [4.78, 5) is 35.8. The first kappa shape index (κ1) is 22.9. The highest BCUT2D eigenvalue weighted by molar-refractivity contribution is 6.30. The first-order valence-corrected chi connectivity index (χ1v) is 10.8. The Morgan fingerprint density at radius 3 is 2.61 bits per heavy atom. The number of carbonyl (C=O) groups excluding carboxylic acids is 1. The number of aromatic nitrogens is 5. The van der Waals surface area contributed by atoms with Gasteiger partial charge in [-0.25, -0.2) is 33.7 Å². The van der Waals surface area contributed by atoms with E-state index in [4.69, 9.17) is 11.6 Å². The van der Waals surface area contributed by atoms with Crippen molar-refractivity contribution in [3.63, 3.8) is 0 Å². The molecule has 1 saturated heterocycles. The Labute approximate surface area is 194 Å². The van der Waals surface area contributed by atoms with Gasteiger partial charge in [0.1, 0.15) is 5.69 Å². The zero-order valence-electron chi connectivity index (χ0n) is 18.0. The van der Waals surface area contributed by atoms with Crippen LogP contribution in [0.25, 0.3) is 11.4 Å². The number of halogens is 3. The summed E-state index contributed by atoms with van der Waals surface area (Å²) in [6.45, 7) is 2.91. The third kappa shape index (κ3) is 5.22. The van der Waals surface area contributed by atoms with E-state index in [2.05, 4.69) is 30.2 Å². The van der Waals surface area contributed by atoms with Gasteiger partial charge in [0.05, 0.1) is 35.6 Å². The second-order valence-electron chi connectivity index (χ2n) is 8.06. The molecule has 3 aromatic heterocycles. The summed E-state index contributed by atoms with van der Waals surface area (Å²) in [5.41, 5.74) is 1.01. The Morgan fingerprint density at radius 2 is 1.91 bits per heavy atom. The minimum absolute atomic E-state index is 0.0406. The molecule has 0 radical (unpaired) electrons. The minimum Gasteiger partial charge on any atom is -0.352 e. The number of carbonyl (C=O) groups is 1. The summed E-state index contributed by atoms with van der Waals surface area (Å²) in [6, 6.07) is 4.53. The number of nitrogens with zero attached hydrogens (tertiary/aromatic N) is 6. The van der Waals surface area contributed by atoms with Crippen LogP contribution in [0, 0.1) is 12.8 Å². The van der Waals surface area contributed by atoms with Gasteiger partial charge in [0.25, 0.3) is 11.8 Å². The van der Waals surface area contributed by atoms with Crippen molar-refractivity contribution in [2.75, 3.05) is 18.4 Å². The Kier molecular flexibility index (Phi) is 6.46. The van der Waals surface area contributed by atoms with E-state index < -0.39 is 30.3 Å². The van der Waals surface area contributed by atoms with Crippen LogP contribution in [-0.2, 0) is 0 Å². The van der Waals surface area contributed by atoms with Gasteiger partial charge in [0.15, 0.2) is 5.82 Å². The molecule has 1 aliphatic heterocycles. The van der Waals surface area contributed by atoms with Crippen LogP contribution < -0.4 is 5.32 Å². The third-order valence-electron chi connectivity index (χ3n) is 5.47. The van der Waals surface area contributed by atoms with Gasteiger partial charge in [-0.15, -0.1) is 0 Å². The van der Waals surface area contributed by atoms with Crippen LogP contribution in [0.15, 0.2) is 43.0 Å². The van der Waals surface area contributed by atoms with Crippen LogP contribution in [0.5, 0.6) is 0 Å². The van der Waals surface area contributed by atoms with E-state index in [1.54, 1.807) is 44.4 Å². The summed E-state index contributed by atoms with van der Waals surface area (Å²) >= 11 is 5.82. The van der Waals surface area contributed by atoms with Crippen LogP contribution in [0.4, 0.5) is 14.7 Å². The van der Waals surface area contributed by atoms with Gasteiger partial charge >= 0.3 is 0 Å². The Hall–Kier alpha value is -3.27. The molecule has 2 atom stereocenters. The molecule has 4 rings (SSSR count). The first-order valence-electron chi connectivity index (χ1n) is 10.4. The average molecular weight is 474 g/mol. The van der Waals surface area contributed by atoms with Gasteiger partial charge in [-0.1, -0.05) is 18.5 Å². The van der Waals surface area contributed by atoms with Crippen LogP contribution >= 0.6 is 11.6 Å². The lowest BCUT2D eigenvalue weighted by Crippen LogP contribution is -2.57. The number of likely N-dealkylation sites (tertiary alicyclic amines) is 1. The molecule has 3 aromatic rings. The molecule has 1 fully saturated rings. The molecule has 0 spiro atoms. The largest absolute Gasteiger partial charge is 0.352 e. The van der Waals surface area contributed by atoms with Crippen molar-refractivity contribution >= 4 is 23.5 Å². The summed E-state index contributed by atoms with van der Waals surface area (Å²) in [5.74, 6) is -3.51. The number of hydrogen-bond acceptors (Lipinski definition) is 7. The van der Waals surface area contributed by atoms with Gasteiger partial charge in [-0.2, -0.15) is 0 Å². The van der Waals surface area contributed by atoms with Gasteiger partial charge in [-0.05, 0) is 31.0 Å². The predicted molar refractivity (Wildman–Crippen MR) is 119 cm³/mol. The number of alkyl halides is 2. The maximum absolute atomic E-state index is 14.6. The smallest absolute Gasteiger partial charge is 0.273 e. The molecule has 1 N–H and O–H groups in total. The SMILES string of the molecule is Cc1ccc(-c2ncccn2)c(C(=O)N2CC(F)(F)C[C@@H](C)C2CNc2ncc(Cl)cn2)n1. The van der Waals surface area contributed by atoms with Crippen molar-refractivity contribution in [3.05, 3.63) is 59.4 Å². The van der Waals surface area contributed by atoms with Gasteiger partial charge < -0.3 is 10.2 Å². The summed E-state index contributed by atoms with van der Waals surface area (Å²) in [7, 11) is 0. The van der Waals surface area contributed by atoms with E-state index in [0.717, 1.165) is 0 Å². The number of rotatable bonds is 5. The molecule has 8 nitrogen and oxygen atoms in total. The van der Waals surface area contributed by atoms with Crippen molar-refractivity contribution in [3.8, 4) is 11.4 Å². The predicted octanol–water partition coefficient (Wildman–Crippen LogP) is 3.89. The fraction of sp³-hybridized carbons (Fsp3) is 0.364. The lowest BCUT2D eigenvalue weighted by molar-refractivity contribution is -0.0898. The van der Waals surface area contributed by atoms with Gasteiger partial charge in [-0.3, -0.25) is 4.79 Å². The molecule has 0 saturated carbocycles. The van der Waals surface area contributed by atoms with E-state index in [0.29, 0.717) is 28.1 Å². The fourth-order valence-corrected chi connectivity index (χ4v) is 4.05. The number of hydrogen-bond donors (Lipinski definition) is 1. The first-order chi connectivity index (χ1) is 15.7. The van der Waals surface area contributed by atoms with Crippen molar-refractivity contribution < 1.29 is 13.6 Å². The van der Waals surface area contributed by atoms with Crippen molar-refractivity contribution in [1.29, 1.82) is 0 Å². The Balaban J connectivity index is 1.67. The van der Waals surface area contributed by atoms with E-state index in [-0.39, 0.29) is 18.7 Å². The van der Waals surface area contributed by atoms with Gasteiger partial charge in [0, 0.05) is 31.1 Å². The summed E-state index contributed by atoms with van der Waals surface area (Å²) in [5, 5.41) is 3.41. The molecule has 11 heteroatoms. The van der Waals surface area contributed by atoms with Crippen molar-refractivity contribution in [1.82, 2.24) is 29.8 Å². The number of amides is 1. The second-order valence-corrected chi connectivity index (χ2v) is 8.50. The minimum atomic E-state index is -3.02. The maximum atomic E-state index is 14.6. The van der Waals surface area contributed by atoms with E-state index >= 15 is 0 Å². The topological polar surface area (TPSA) is 96.8 Å². The molecule has 33 heavy (non-hydrogen) atoms. The molecule has 0 aromatic carbocycles. The summed E-state index contributed by atoms with van der Waals surface area (Å²) < 4.78 is 29.1. The van der Waals surface area contributed by atoms with Crippen LogP contribution in [0.3, 0.4) is 0 Å². The zero-order valence-corrected chi connectivity index (χ0v) is 18.8. The van der Waals surface area contributed by atoms with Crippen LogP contribution in [0.1, 0.15) is 29.5 Å². The highest BCUT2D eigenvalue weighted by Gasteiger charge is 2.46. The lowest BCUT2D eigenvalue weighted by Gasteiger charge is -2.43. The van der Waals surface area contributed by atoms with Crippen molar-refractivity contribution in [2.45, 2.75) is 32.2 Å². The van der Waals surface area contributed by atoms with E-state index in [1.807, 2.05) is 0 Å². The monoisotopic (exact) mass is 473 g/mol. The lowest BCUT2D eigenvalue weighted by atomic mass is 9.88. The van der Waals surface area contributed by atoms with Crippen LogP contribution in [0.2, 0.25) is 5.02 Å². The maximum Gasteiger partial charge on any atom is 0.273 e. The molecule has 0 bridgehead atoms. The molecule has 1 aliphatic rings. The molecule has 4 heterocycles. The molecular weight excluding hydrogens is 452 g/mol. The number of pyridine rings is 1. The van der Waals surface area contributed by atoms with E-state index in [9.17, 15) is 13.6 Å². The second kappa shape index (κ2) is 9.30. The number of nitrogens with one attached hydrogen (secondary N) is 1. The standard InChI is InChI=1S/C22H22ClF2N7O/c1-13-8-22(24,25)12-32(17(13)11-30-21-28-9-15(23)10-29-21)20(33)18-16(5-4-14(2)31-18)19-26-6-3-7-27-19/h3-7,9-10,13,17H,8,11-12H2,1-2H3,(H,28,29,30)/t13-,17?/m1/s1. The quantitative estimate of drug-likeness (QED) is 0.600. The third-order valence-corrected chi connectivity index (χ3v) is 5.67. The summed E-state index contributed by atoms with van der Waals surface area (Å²) in [6.07, 6.45) is 5.63. The molecule has 172 valence electrons. The molecule has 1 unspecified atom stereocenters. The highest BCUT2D eigenvalue weighted by Crippen LogP contribution is 2.36. The average Bonchev–Trinajstić information content (AvgIpc) is 2.79.